The van der Waals surface area contributed by atoms with Crippen molar-refractivity contribution in [2.45, 2.75) is 19.2 Å². The first-order valence-corrected chi connectivity index (χ1v) is 10.3. The van der Waals surface area contributed by atoms with E-state index in [1.165, 1.54) is 0 Å². The van der Waals surface area contributed by atoms with Crippen LogP contribution in [0.1, 0.15) is 12.0 Å². The van der Waals surface area contributed by atoms with Gasteiger partial charge in [0.15, 0.2) is 11.6 Å². The second-order valence-electron chi connectivity index (χ2n) is 7.73. The van der Waals surface area contributed by atoms with E-state index < -0.39 is 35.1 Å². The predicted octanol–water partition coefficient (Wildman–Crippen LogP) is 8.61. The van der Waals surface area contributed by atoms with E-state index in [0.29, 0.717) is 17.7 Å². The lowest BCUT2D eigenvalue weighted by Gasteiger charge is -2.12. The molecule has 0 aromatic heterocycles. The van der Waals surface area contributed by atoms with E-state index in [1.54, 1.807) is 6.07 Å². The second kappa shape index (κ2) is 9.25. The molecule has 0 saturated carbocycles. The highest BCUT2D eigenvalue weighted by molar-refractivity contribution is 5.88. The lowest BCUT2D eigenvalue weighted by atomic mass is 9.96. The van der Waals surface area contributed by atoms with Gasteiger partial charge in [-0.25, -0.2) is 13.2 Å². The van der Waals surface area contributed by atoms with Crippen molar-refractivity contribution >= 4 is 10.8 Å². The van der Waals surface area contributed by atoms with Crippen LogP contribution in [0.5, 0.6) is 5.75 Å². The lowest BCUT2D eigenvalue weighted by Crippen LogP contribution is -2.17. The third-order valence-corrected chi connectivity index (χ3v) is 5.36. The van der Waals surface area contributed by atoms with Crippen molar-refractivity contribution in [3.63, 3.8) is 0 Å². The molecule has 0 aliphatic rings. The summed E-state index contributed by atoms with van der Waals surface area (Å²) in [4.78, 5) is 0. The number of fused-ring (bicyclic) bond motifs is 1. The van der Waals surface area contributed by atoms with E-state index >= 15 is 0 Å². The van der Waals surface area contributed by atoms with Crippen LogP contribution in [-0.4, -0.2) is 6.36 Å². The Morgan fingerprint density at radius 2 is 1.32 bits per heavy atom. The fourth-order valence-electron chi connectivity index (χ4n) is 3.78. The number of aryl methyl sites for hydroxylation is 1. The monoisotopic (exact) mass is 472 g/mol. The van der Waals surface area contributed by atoms with Crippen molar-refractivity contribution in [3.8, 4) is 28.0 Å². The maximum Gasteiger partial charge on any atom is 0.573 e. The largest absolute Gasteiger partial charge is 0.573 e. The van der Waals surface area contributed by atoms with Crippen LogP contribution in [0.3, 0.4) is 0 Å². The summed E-state index contributed by atoms with van der Waals surface area (Å²) in [5.74, 6) is -4.42. The minimum absolute atomic E-state index is 0.251. The smallest absolute Gasteiger partial charge is 0.403 e. The van der Waals surface area contributed by atoms with Gasteiger partial charge in [0.2, 0.25) is 0 Å². The van der Waals surface area contributed by atoms with Crippen molar-refractivity contribution in [1.82, 2.24) is 0 Å². The van der Waals surface area contributed by atoms with Crippen LogP contribution in [0.15, 0.2) is 79.4 Å². The fraction of sp³-hybridized carbons (Fsp3) is 0.111. The molecule has 4 rings (SSSR count). The SMILES string of the molecule is C=CCCc1ccc2cc(-c3cc(F)c(-c4ccc(OC(F)(F)F)c(F)c4)c(F)c3)ccc2c1. The molecule has 0 unspecified atom stereocenters. The van der Waals surface area contributed by atoms with Gasteiger partial charge in [-0.05, 0) is 76.2 Å². The molecule has 0 atom stereocenters. The highest BCUT2D eigenvalue weighted by Crippen LogP contribution is 2.35. The van der Waals surface area contributed by atoms with Gasteiger partial charge < -0.3 is 4.74 Å². The molecule has 0 heterocycles. The molecule has 4 aromatic rings. The summed E-state index contributed by atoms with van der Waals surface area (Å²) in [6.45, 7) is 3.72. The molecule has 174 valence electrons. The zero-order valence-corrected chi connectivity index (χ0v) is 17.7. The third-order valence-electron chi connectivity index (χ3n) is 5.36. The highest BCUT2D eigenvalue weighted by atomic mass is 19.4. The van der Waals surface area contributed by atoms with Crippen molar-refractivity contribution < 1.29 is 31.1 Å². The number of hydrogen-bond acceptors (Lipinski definition) is 1. The van der Waals surface area contributed by atoms with Gasteiger partial charge in [0.25, 0.3) is 0 Å². The molecule has 7 heteroatoms. The average Bonchev–Trinajstić information content (AvgIpc) is 2.77. The summed E-state index contributed by atoms with van der Waals surface area (Å²) in [6, 6.07) is 15.8. The van der Waals surface area contributed by atoms with Crippen molar-refractivity contribution in [1.29, 1.82) is 0 Å². The molecule has 0 fully saturated rings. The van der Waals surface area contributed by atoms with Crippen LogP contribution in [0.2, 0.25) is 0 Å². The Balaban J connectivity index is 1.67. The molecule has 0 radical (unpaired) electrons. The Morgan fingerprint density at radius 1 is 0.706 bits per heavy atom. The first kappa shape index (κ1) is 23.4. The Bertz CT molecular complexity index is 1350. The van der Waals surface area contributed by atoms with Crippen LogP contribution in [0.25, 0.3) is 33.0 Å². The number of allylic oxidation sites excluding steroid dienone is 1. The number of alkyl halides is 3. The van der Waals surface area contributed by atoms with E-state index in [4.69, 9.17) is 0 Å². The molecule has 0 N–H and O–H groups in total. The molecule has 1 nitrogen and oxygen atoms in total. The summed E-state index contributed by atoms with van der Waals surface area (Å²) in [7, 11) is 0. The lowest BCUT2D eigenvalue weighted by molar-refractivity contribution is -0.275. The highest BCUT2D eigenvalue weighted by Gasteiger charge is 2.32. The first-order valence-electron chi connectivity index (χ1n) is 10.3. The van der Waals surface area contributed by atoms with Crippen LogP contribution in [0.4, 0.5) is 26.3 Å². The number of benzene rings is 4. The van der Waals surface area contributed by atoms with E-state index in [2.05, 4.69) is 11.3 Å². The summed E-state index contributed by atoms with van der Waals surface area (Å²) in [5, 5.41) is 1.88. The predicted molar refractivity (Wildman–Crippen MR) is 120 cm³/mol. The van der Waals surface area contributed by atoms with Gasteiger partial charge in [0.1, 0.15) is 11.6 Å². The quantitative estimate of drug-likeness (QED) is 0.202. The summed E-state index contributed by atoms with van der Waals surface area (Å²) in [5.41, 5.74) is 1.21. The minimum atomic E-state index is -5.09. The molecule has 0 aliphatic carbocycles. The number of ether oxygens (including phenoxy) is 1. The van der Waals surface area contributed by atoms with Gasteiger partial charge in [-0.3, -0.25) is 0 Å². The number of hydrogen-bond donors (Lipinski definition) is 0. The average molecular weight is 472 g/mol. The molecule has 0 spiro atoms. The Hall–Kier alpha value is -3.74. The molecular formula is C27H18F6O. The van der Waals surface area contributed by atoms with Gasteiger partial charge in [-0.2, -0.15) is 0 Å². The topological polar surface area (TPSA) is 9.23 Å². The van der Waals surface area contributed by atoms with Crippen molar-refractivity contribution in [3.05, 3.63) is 102 Å². The summed E-state index contributed by atoms with van der Waals surface area (Å²) < 4.78 is 84.4. The molecular weight excluding hydrogens is 454 g/mol. The van der Waals surface area contributed by atoms with Gasteiger partial charge in [-0.1, -0.05) is 42.5 Å². The van der Waals surface area contributed by atoms with Crippen molar-refractivity contribution in [2.75, 3.05) is 0 Å². The number of halogens is 6. The maximum atomic E-state index is 14.9. The third kappa shape index (κ3) is 5.09. The van der Waals surface area contributed by atoms with Crippen molar-refractivity contribution in [2.24, 2.45) is 0 Å². The summed E-state index contributed by atoms with van der Waals surface area (Å²) >= 11 is 0. The van der Waals surface area contributed by atoms with Crippen LogP contribution in [-0.2, 0) is 6.42 Å². The summed E-state index contributed by atoms with van der Waals surface area (Å²) in [6.07, 6.45) is -1.52. The zero-order chi connectivity index (χ0) is 24.5. The number of rotatable bonds is 6. The zero-order valence-electron chi connectivity index (χ0n) is 17.7. The van der Waals surface area contributed by atoms with Gasteiger partial charge in [0, 0.05) is 0 Å². The molecule has 34 heavy (non-hydrogen) atoms. The fourth-order valence-corrected chi connectivity index (χ4v) is 3.78. The standard InChI is InChI=1S/C27H18F6O/c1-2-3-4-16-5-6-18-12-19(8-7-17(18)11-16)21-14-23(29)26(24(30)15-21)20-9-10-25(22(28)13-20)34-27(31,32)33/h2,5-15H,1,3-4H2. The maximum absolute atomic E-state index is 14.9. The Morgan fingerprint density at radius 3 is 1.97 bits per heavy atom. The van der Waals surface area contributed by atoms with E-state index in [1.807, 2.05) is 36.4 Å². The van der Waals surface area contributed by atoms with E-state index in [-0.39, 0.29) is 11.1 Å². The first-order chi connectivity index (χ1) is 16.1. The molecule has 0 amide bonds. The molecule has 0 saturated heterocycles. The van der Waals surface area contributed by atoms with Gasteiger partial charge in [-0.15, -0.1) is 19.8 Å². The molecule has 0 aliphatic heterocycles. The van der Waals surface area contributed by atoms with Gasteiger partial charge >= 0.3 is 6.36 Å². The van der Waals surface area contributed by atoms with Crippen LogP contribution in [0, 0.1) is 17.5 Å². The molecule has 0 bridgehead atoms. The van der Waals surface area contributed by atoms with Crippen LogP contribution < -0.4 is 4.74 Å². The van der Waals surface area contributed by atoms with Gasteiger partial charge in [0.05, 0.1) is 5.56 Å². The van der Waals surface area contributed by atoms with E-state index in [9.17, 15) is 26.3 Å². The second-order valence-corrected chi connectivity index (χ2v) is 7.73. The Kier molecular flexibility index (Phi) is 6.37. The normalized spacial score (nSPS) is 11.6. The van der Waals surface area contributed by atoms with Crippen LogP contribution >= 0.6 is 0 Å². The minimum Gasteiger partial charge on any atom is -0.403 e. The molecule has 4 aromatic carbocycles. The van der Waals surface area contributed by atoms with E-state index in [0.717, 1.165) is 47.4 Å². The Labute approximate surface area is 191 Å².